The summed E-state index contributed by atoms with van der Waals surface area (Å²) in [5, 5.41) is 40.7. The van der Waals surface area contributed by atoms with Gasteiger partial charge in [0.25, 0.3) is 0 Å². The van der Waals surface area contributed by atoms with Gasteiger partial charge >= 0.3 is 0 Å². The fourth-order valence-corrected chi connectivity index (χ4v) is 3.60. The Hall–Kier alpha value is -0.690. The molecule has 10 atom stereocenters. The van der Waals surface area contributed by atoms with Gasteiger partial charge < -0.3 is 47.1 Å². The van der Waals surface area contributed by atoms with E-state index in [4.69, 9.17) is 26.7 Å². The van der Waals surface area contributed by atoms with Crippen molar-refractivity contribution in [3.05, 3.63) is 0 Å². The standard InChI is InChI=1S/C16H31N3O7/c1-2-7(20)3-6-4-8(18)15(14(24)11(6)21)26-16-10(19)13(23)12(22)9(5-17)25-16/h6,8-16,21-24H,2-5,17-19H2,1H3. The fourth-order valence-electron chi connectivity index (χ4n) is 3.60. The van der Waals surface area contributed by atoms with Crippen molar-refractivity contribution >= 4 is 5.78 Å². The topological polar surface area (TPSA) is 195 Å². The van der Waals surface area contributed by atoms with Gasteiger partial charge in [0.05, 0.1) is 12.1 Å². The molecule has 152 valence electrons. The molecule has 26 heavy (non-hydrogen) atoms. The van der Waals surface area contributed by atoms with Gasteiger partial charge in [0.1, 0.15) is 36.3 Å². The van der Waals surface area contributed by atoms with E-state index in [1.54, 1.807) is 6.92 Å². The van der Waals surface area contributed by atoms with Crippen molar-refractivity contribution in [3.8, 4) is 0 Å². The number of hydrogen-bond donors (Lipinski definition) is 7. The number of hydrogen-bond acceptors (Lipinski definition) is 10. The highest BCUT2D eigenvalue weighted by Gasteiger charge is 2.48. The lowest BCUT2D eigenvalue weighted by Crippen LogP contribution is -2.66. The Kier molecular flexibility index (Phi) is 7.48. The fraction of sp³-hybridized carbons (Fsp3) is 0.938. The molecule has 1 heterocycles. The van der Waals surface area contributed by atoms with E-state index >= 15 is 0 Å². The summed E-state index contributed by atoms with van der Waals surface area (Å²) in [7, 11) is 0. The average molecular weight is 377 g/mol. The van der Waals surface area contributed by atoms with E-state index in [2.05, 4.69) is 0 Å². The smallest absolute Gasteiger partial charge is 0.176 e. The lowest BCUT2D eigenvalue weighted by atomic mass is 9.77. The van der Waals surface area contributed by atoms with Crippen molar-refractivity contribution < 1.29 is 34.7 Å². The summed E-state index contributed by atoms with van der Waals surface area (Å²) < 4.78 is 11.2. The number of ketones is 1. The van der Waals surface area contributed by atoms with Crippen LogP contribution in [-0.2, 0) is 14.3 Å². The zero-order valence-corrected chi connectivity index (χ0v) is 14.8. The Labute approximate surface area is 152 Å². The first-order chi connectivity index (χ1) is 12.2. The molecule has 0 amide bonds. The van der Waals surface area contributed by atoms with Gasteiger partial charge in [0.15, 0.2) is 6.29 Å². The van der Waals surface area contributed by atoms with Gasteiger partial charge in [-0.1, -0.05) is 6.92 Å². The van der Waals surface area contributed by atoms with E-state index in [0.29, 0.717) is 6.42 Å². The highest BCUT2D eigenvalue weighted by molar-refractivity contribution is 5.78. The van der Waals surface area contributed by atoms with Crippen LogP contribution in [0.1, 0.15) is 26.2 Å². The molecule has 0 bridgehead atoms. The summed E-state index contributed by atoms with van der Waals surface area (Å²) >= 11 is 0. The zero-order chi connectivity index (χ0) is 19.6. The molecular weight excluding hydrogens is 346 g/mol. The van der Waals surface area contributed by atoms with E-state index in [9.17, 15) is 25.2 Å². The van der Waals surface area contributed by atoms with E-state index in [1.165, 1.54) is 0 Å². The van der Waals surface area contributed by atoms with Crippen molar-refractivity contribution in [2.24, 2.45) is 23.1 Å². The van der Waals surface area contributed by atoms with Crippen molar-refractivity contribution in [2.45, 2.75) is 81.2 Å². The van der Waals surface area contributed by atoms with E-state index in [-0.39, 0.29) is 25.2 Å². The third-order valence-corrected chi connectivity index (χ3v) is 5.32. The first kappa shape index (κ1) is 21.6. The summed E-state index contributed by atoms with van der Waals surface area (Å²) in [6.45, 7) is 1.67. The third kappa shape index (κ3) is 4.41. The molecule has 0 radical (unpaired) electrons. The van der Waals surface area contributed by atoms with Gasteiger partial charge in [-0.15, -0.1) is 0 Å². The first-order valence-corrected chi connectivity index (χ1v) is 8.97. The molecule has 0 aromatic rings. The van der Waals surface area contributed by atoms with Crippen molar-refractivity contribution in [1.82, 2.24) is 0 Å². The highest BCUT2D eigenvalue weighted by atomic mass is 16.7. The van der Waals surface area contributed by atoms with E-state index < -0.39 is 60.9 Å². The SMILES string of the molecule is CCC(=O)CC1CC(N)C(OC2OC(CN)C(O)C(O)C2N)C(O)C1O. The number of aliphatic hydroxyl groups is 4. The highest BCUT2D eigenvalue weighted by Crippen LogP contribution is 2.32. The Morgan fingerprint density at radius 3 is 2.35 bits per heavy atom. The maximum absolute atomic E-state index is 11.7. The van der Waals surface area contributed by atoms with Crippen LogP contribution in [0.2, 0.25) is 0 Å². The molecule has 2 rings (SSSR count). The predicted molar refractivity (Wildman–Crippen MR) is 90.6 cm³/mol. The minimum Gasteiger partial charge on any atom is -0.390 e. The number of carbonyl (C=O) groups excluding carboxylic acids is 1. The number of ether oxygens (including phenoxy) is 2. The van der Waals surface area contributed by atoms with Crippen molar-refractivity contribution in [2.75, 3.05) is 6.54 Å². The normalized spacial score (nSPS) is 46.9. The molecular formula is C16H31N3O7. The Balaban J connectivity index is 2.06. The van der Waals surface area contributed by atoms with E-state index in [1.807, 2.05) is 0 Å². The number of aliphatic hydroxyl groups excluding tert-OH is 4. The van der Waals surface area contributed by atoms with Crippen LogP contribution in [-0.4, -0.2) is 87.8 Å². The van der Waals surface area contributed by atoms with Crippen LogP contribution in [0, 0.1) is 5.92 Å². The molecule has 10 N–H and O–H groups in total. The maximum Gasteiger partial charge on any atom is 0.176 e. The molecule has 10 unspecified atom stereocenters. The molecule has 2 aliphatic rings. The van der Waals surface area contributed by atoms with Gasteiger partial charge in [-0.05, 0) is 12.3 Å². The summed E-state index contributed by atoms with van der Waals surface area (Å²) in [5.74, 6) is -0.481. The number of nitrogens with two attached hydrogens (primary N) is 3. The summed E-state index contributed by atoms with van der Waals surface area (Å²) in [4.78, 5) is 11.7. The summed E-state index contributed by atoms with van der Waals surface area (Å²) in [6, 6.07) is -1.75. The van der Waals surface area contributed by atoms with Crippen molar-refractivity contribution in [1.29, 1.82) is 0 Å². The van der Waals surface area contributed by atoms with Crippen LogP contribution in [0.3, 0.4) is 0 Å². The second-order valence-electron chi connectivity index (χ2n) is 7.18. The average Bonchev–Trinajstić information content (AvgIpc) is 2.62. The molecule has 1 aliphatic heterocycles. The van der Waals surface area contributed by atoms with Crippen LogP contribution >= 0.6 is 0 Å². The zero-order valence-electron chi connectivity index (χ0n) is 14.8. The molecule has 1 saturated heterocycles. The second-order valence-corrected chi connectivity index (χ2v) is 7.18. The van der Waals surface area contributed by atoms with Crippen LogP contribution in [0.15, 0.2) is 0 Å². The van der Waals surface area contributed by atoms with Crippen LogP contribution in [0.5, 0.6) is 0 Å². The lowest BCUT2D eigenvalue weighted by Gasteiger charge is -2.46. The number of Topliss-reactive ketones (excluding diaryl/α,β-unsaturated/α-hetero) is 1. The van der Waals surface area contributed by atoms with Crippen LogP contribution in [0.25, 0.3) is 0 Å². The molecule has 0 aromatic heterocycles. The molecule has 10 heteroatoms. The van der Waals surface area contributed by atoms with Crippen LogP contribution in [0.4, 0.5) is 0 Å². The Bertz CT molecular complexity index is 481. The maximum atomic E-state index is 11.7. The second kappa shape index (κ2) is 9.00. The quantitative estimate of drug-likeness (QED) is 0.244. The van der Waals surface area contributed by atoms with Gasteiger partial charge in [-0.2, -0.15) is 0 Å². The molecule has 0 aromatic carbocycles. The van der Waals surface area contributed by atoms with E-state index in [0.717, 1.165) is 0 Å². The Morgan fingerprint density at radius 2 is 1.77 bits per heavy atom. The molecule has 1 saturated carbocycles. The Morgan fingerprint density at radius 1 is 1.12 bits per heavy atom. The largest absolute Gasteiger partial charge is 0.390 e. The van der Waals surface area contributed by atoms with Gasteiger partial charge in [-0.3, -0.25) is 4.79 Å². The van der Waals surface area contributed by atoms with Crippen molar-refractivity contribution in [3.63, 3.8) is 0 Å². The van der Waals surface area contributed by atoms with Gasteiger partial charge in [0.2, 0.25) is 0 Å². The number of carbonyl (C=O) groups is 1. The molecule has 1 aliphatic carbocycles. The first-order valence-electron chi connectivity index (χ1n) is 8.97. The predicted octanol–water partition coefficient (Wildman–Crippen LogP) is -3.46. The minimum absolute atomic E-state index is 0.0200. The molecule has 10 nitrogen and oxygen atoms in total. The monoisotopic (exact) mass is 377 g/mol. The summed E-state index contributed by atoms with van der Waals surface area (Å²) in [5.41, 5.74) is 17.5. The third-order valence-electron chi connectivity index (χ3n) is 5.32. The van der Waals surface area contributed by atoms with Gasteiger partial charge in [0, 0.05) is 25.4 Å². The van der Waals surface area contributed by atoms with Gasteiger partial charge in [-0.25, -0.2) is 0 Å². The number of rotatable bonds is 6. The van der Waals surface area contributed by atoms with Crippen LogP contribution < -0.4 is 17.2 Å². The summed E-state index contributed by atoms with van der Waals surface area (Å²) in [6.07, 6.45) is -7.39. The lowest BCUT2D eigenvalue weighted by molar-refractivity contribution is -0.289. The minimum atomic E-state index is -1.34. The molecule has 2 fully saturated rings. The molecule has 0 spiro atoms.